The van der Waals surface area contributed by atoms with Crippen LogP contribution in [0.25, 0.3) is 6.08 Å². The summed E-state index contributed by atoms with van der Waals surface area (Å²) in [5.74, 6) is 0.554. The first-order valence-electron chi connectivity index (χ1n) is 9.72. The van der Waals surface area contributed by atoms with Crippen molar-refractivity contribution in [2.45, 2.75) is 44.6 Å². The number of halogens is 6. The third-order valence-corrected chi connectivity index (χ3v) is 4.87. The van der Waals surface area contributed by atoms with E-state index in [1.165, 1.54) is 0 Å². The molecule has 0 saturated carbocycles. The summed E-state index contributed by atoms with van der Waals surface area (Å²) in [4.78, 5) is 0. The fraction of sp³-hybridized carbons (Fsp3) is 0.391. The van der Waals surface area contributed by atoms with Crippen LogP contribution in [-0.4, -0.2) is 26.3 Å². The summed E-state index contributed by atoms with van der Waals surface area (Å²) in [5.41, 5.74) is -3.72. The van der Waals surface area contributed by atoms with Gasteiger partial charge in [-0.1, -0.05) is 38.1 Å². The zero-order chi connectivity index (χ0) is 24.2. The molecule has 2 rings (SSSR count). The highest BCUT2D eigenvalue weighted by Crippen LogP contribution is 2.53. The Bertz CT molecular complexity index is 920. The van der Waals surface area contributed by atoms with Gasteiger partial charge >= 0.3 is 12.4 Å². The molecular formula is C23H24F6O3. The normalized spacial score (nSPS) is 12.7. The van der Waals surface area contributed by atoms with Gasteiger partial charge in [0.15, 0.2) is 0 Å². The molecule has 32 heavy (non-hydrogen) atoms. The molecule has 0 radical (unpaired) electrons. The number of alkyl halides is 6. The molecule has 176 valence electrons. The Labute approximate surface area is 182 Å². The van der Waals surface area contributed by atoms with E-state index in [9.17, 15) is 26.3 Å². The first kappa shape index (κ1) is 25.7. The second-order valence-corrected chi connectivity index (χ2v) is 7.12. The number of aryl methyl sites for hydroxylation is 2. The van der Waals surface area contributed by atoms with Gasteiger partial charge in [0.1, 0.15) is 18.3 Å². The first-order chi connectivity index (χ1) is 14.9. The molecule has 0 amide bonds. The SMILES string of the molecule is C=Cc1ccc(Oc2ccc(C(OCOC)(C(F)(F)F)C(F)(F)F)cc2CCC)cc1C. The molecule has 0 aromatic heterocycles. The monoisotopic (exact) mass is 462 g/mol. The van der Waals surface area contributed by atoms with Crippen molar-refractivity contribution >= 4 is 6.08 Å². The fourth-order valence-electron chi connectivity index (χ4n) is 3.31. The Morgan fingerprint density at radius 1 is 0.969 bits per heavy atom. The number of hydrogen-bond donors (Lipinski definition) is 0. The van der Waals surface area contributed by atoms with Crippen molar-refractivity contribution in [3.05, 3.63) is 65.2 Å². The van der Waals surface area contributed by atoms with Gasteiger partial charge in [0.05, 0.1) is 0 Å². The van der Waals surface area contributed by atoms with Gasteiger partial charge in [0, 0.05) is 12.7 Å². The summed E-state index contributed by atoms with van der Waals surface area (Å²) >= 11 is 0. The molecule has 3 nitrogen and oxygen atoms in total. The molecule has 0 atom stereocenters. The summed E-state index contributed by atoms with van der Waals surface area (Å²) in [6.45, 7) is 6.07. The van der Waals surface area contributed by atoms with E-state index in [2.05, 4.69) is 16.1 Å². The van der Waals surface area contributed by atoms with Gasteiger partial charge in [0.25, 0.3) is 5.60 Å². The van der Waals surface area contributed by atoms with E-state index in [0.717, 1.165) is 36.4 Å². The van der Waals surface area contributed by atoms with Crippen LogP contribution in [0.1, 0.15) is 35.6 Å². The minimum absolute atomic E-state index is 0.159. The van der Waals surface area contributed by atoms with E-state index in [1.54, 1.807) is 31.2 Å². The molecule has 0 bridgehead atoms. The molecule has 0 N–H and O–H groups in total. The lowest BCUT2D eigenvalue weighted by Crippen LogP contribution is -2.56. The number of ether oxygens (including phenoxy) is 3. The molecule has 0 unspecified atom stereocenters. The van der Waals surface area contributed by atoms with Crippen LogP contribution in [-0.2, 0) is 21.5 Å². The van der Waals surface area contributed by atoms with Gasteiger partial charge in [0.2, 0.25) is 0 Å². The van der Waals surface area contributed by atoms with Crippen molar-refractivity contribution in [2.75, 3.05) is 13.9 Å². The Hall–Kier alpha value is -2.52. The van der Waals surface area contributed by atoms with Gasteiger partial charge in [-0.05, 0) is 54.3 Å². The summed E-state index contributed by atoms with van der Waals surface area (Å²) in [6.07, 6.45) is -9.24. The topological polar surface area (TPSA) is 27.7 Å². The smallest absolute Gasteiger partial charge is 0.430 e. The third kappa shape index (κ3) is 5.10. The van der Waals surface area contributed by atoms with Crippen molar-refractivity contribution in [1.29, 1.82) is 0 Å². The summed E-state index contributed by atoms with van der Waals surface area (Å²) in [7, 11) is 0.941. The quantitative estimate of drug-likeness (QED) is 0.289. The lowest BCUT2D eigenvalue weighted by Gasteiger charge is -2.37. The zero-order valence-electron chi connectivity index (χ0n) is 17.9. The molecule has 9 heteroatoms. The van der Waals surface area contributed by atoms with E-state index in [0.29, 0.717) is 12.2 Å². The molecule has 0 spiro atoms. The molecule has 2 aromatic carbocycles. The van der Waals surface area contributed by atoms with Crippen molar-refractivity contribution in [3.63, 3.8) is 0 Å². The molecule has 2 aromatic rings. The van der Waals surface area contributed by atoms with E-state index in [1.807, 2.05) is 6.92 Å². The van der Waals surface area contributed by atoms with Crippen molar-refractivity contribution in [3.8, 4) is 11.5 Å². The fourth-order valence-corrected chi connectivity index (χ4v) is 3.31. The van der Waals surface area contributed by atoms with Crippen molar-refractivity contribution < 1.29 is 40.6 Å². The van der Waals surface area contributed by atoms with Crippen LogP contribution in [0.2, 0.25) is 0 Å². The molecule has 0 heterocycles. The summed E-state index contributed by atoms with van der Waals surface area (Å²) in [5, 5.41) is 0. The molecular weight excluding hydrogens is 438 g/mol. The Balaban J connectivity index is 2.60. The van der Waals surface area contributed by atoms with E-state index in [-0.39, 0.29) is 17.7 Å². The lowest BCUT2D eigenvalue weighted by molar-refractivity contribution is -0.400. The number of hydrogen-bond acceptors (Lipinski definition) is 3. The van der Waals surface area contributed by atoms with Gasteiger partial charge in [-0.3, -0.25) is 0 Å². The maximum absolute atomic E-state index is 13.8. The van der Waals surface area contributed by atoms with Crippen LogP contribution < -0.4 is 4.74 Å². The maximum Gasteiger partial charge on any atom is 0.430 e. The predicted molar refractivity (Wildman–Crippen MR) is 109 cm³/mol. The largest absolute Gasteiger partial charge is 0.457 e. The second-order valence-electron chi connectivity index (χ2n) is 7.12. The highest BCUT2D eigenvalue weighted by molar-refractivity contribution is 5.54. The Morgan fingerprint density at radius 2 is 1.62 bits per heavy atom. The minimum atomic E-state index is -5.78. The maximum atomic E-state index is 13.8. The third-order valence-electron chi connectivity index (χ3n) is 4.87. The molecule has 0 aliphatic rings. The lowest BCUT2D eigenvalue weighted by atomic mass is 9.89. The average Bonchev–Trinajstić information content (AvgIpc) is 2.68. The van der Waals surface area contributed by atoms with Crippen LogP contribution in [0.3, 0.4) is 0 Å². The van der Waals surface area contributed by atoms with Gasteiger partial charge in [-0.15, -0.1) is 0 Å². The van der Waals surface area contributed by atoms with E-state index in [4.69, 9.17) is 4.74 Å². The predicted octanol–water partition coefficient (Wildman–Crippen LogP) is 7.32. The van der Waals surface area contributed by atoms with E-state index < -0.39 is 30.3 Å². The molecule has 0 aliphatic heterocycles. The Morgan fingerprint density at radius 3 is 2.12 bits per heavy atom. The van der Waals surface area contributed by atoms with Crippen LogP contribution >= 0.6 is 0 Å². The Kier molecular flexibility index (Phi) is 8.01. The van der Waals surface area contributed by atoms with Crippen LogP contribution in [0.15, 0.2) is 43.0 Å². The summed E-state index contributed by atoms with van der Waals surface area (Å²) < 4.78 is 97.4. The standard InChI is InChI=1S/C23H24F6O3/c1-5-7-17-13-18(21(22(24,25)26,23(27,28)29)31-14-30-4)9-11-20(17)32-19-10-8-16(6-2)15(3)12-19/h6,8-13H,2,5,7,14H2,1,3-4H3. The molecule has 0 saturated heterocycles. The number of rotatable bonds is 9. The minimum Gasteiger partial charge on any atom is -0.457 e. The van der Waals surface area contributed by atoms with Gasteiger partial charge in [-0.2, -0.15) is 26.3 Å². The van der Waals surface area contributed by atoms with Gasteiger partial charge in [-0.25, -0.2) is 0 Å². The van der Waals surface area contributed by atoms with Crippen LogP contribution in [0.4, 0.5) is 26.3 Å². The van der Waals surface area contributed by atoms with E-state index >= 15 is 0 Å². The second kappa shape index (κ2) is 9.95. The summed E-state index contributed by atoms with van der Waals surface area (Å²) in [6, 6.07) is 7.75. The van der Waals surface area contributed by atoms with Crippen LogP contribution in [0, 0.1) is 6.92 Å². The zero-order valence-corrected chi connectivity index (χ0v) is 17.9. The highest BCUT2D eigenvalue weighted by Gasteiger charge is 2.73. The molecule has 0 aliphatic carbocycles. The van der Waals surface area contributed by atoms with Gasteiger partial charge < -0.3 is 14.2 Å². The van der Waals surface area contributed by atoms with Crippen LogP contribution in [0.5, 0.6) is 11.5 Å². The number of methoxy groups -OCH3 is 1. The first-order valence-corrected chi connectivity index (χ1v) is 9.72. The van der Waals surface area contributed by atoms with Crippen molar-refractivity contribution in [1.82, 2.24) is 0 Å². The highest BCUT2D eigenvalue weighted by atomic mass is 19.4. The average molecular weight is 462 g/mol. The number of benzene rings is 2. The van der Waals surface area contributed by atoms with Crippen molar-refractivity contribution in [2.24, 2.45) is 0 Å². The molecule has 0 fully saturated rings.